The van der Waals surface area contributed by atoms with Gasteiger partial charge in [0.25, 0.3) is 0 Å². The Bertz CT molecular complexity index is 818. The quantitative estimate of drug-likeness (QED) is 0.581. The molecule has 128 valence electrons. The molecule has 0 aliphatic heterocycles. The third-order valence-corrected chi connectivity index (χ3v) is 5.87. The van der Waals surface area contributed by atoms with Crippen LogP contribution in [0.4, 0.5) is 10.8 Å². The summed E-state index contributed by atoms with van der Waals surface area (Å²) in [6.07, 6.45) is 0. The molecule has 0 N–H and O–H groups in total. The summed E-state index contributed by atoms with van der Waals surface area (Å²) < 4.78 is 0. The summed E-state index contributed by atoms with van der Waals surface area (Å²) in [5, 5.41) is 2.53. The minimum absolute atomic E-state index is 0.0569. The van der Waals surface area contributed by atoms with E-state index in [1.54, 1.807) is 16.7 Å². The molecule has 1 heterocycles. The minimum Gasteiger partial charge on any atom is -0.273 e. The van der Waals surface area contributed by atoms with Gasteiger partial charge < -0.3 is 0 Å². The van der Waals surface area contributed by atoms with E-state index in [4.69, 9.17) is 0 Å². The molecule has 0 aliphatic carbocycles. The largest absolute Gasteiger partial charge is 0.273 e. The highest BCUT2D eigenvalue weighted by atomic mass is 32.2. The summed E-state index contributed by atoms with van der Waals surface area (Å²) in [6, 6.07) is 20.0. The van der Waals surface area contributed by atoms with Crippen LogP contribution in [0.2, 0.25) is 0 Å². The third-order valence-electron chi connectivity index (χ3n) is 3.72. The lowest BCUT2D eigenvalue weighted by atomic mass is 10.2. The smallest absolute Gasteiger partial charge is 0.246 e. The molecule has 0 unspecified atom stereocenters. The van der Waals surface area contributed by atoms with Crippen LogP contribution in [0.5, 0.6) is 0 Å². The molecule has 3 rings (SSSR count). The van der Waals surface area contributed by atoms with E-state index in [0.717, 1.165) is 22.3 Å². The van der Waals surface area contributed by atoms with Gasteiger partial charge in [-0.05, 0) is 31.5 Å². The first-order valence-corrected chi connectivity index (χ1v) is 10.0. The highest BCUT2D eigenvalue weighted by molar-refractivity contribution is 7.99. The first kappa shape index (κ1) is 17.7. The monoisotopic (exact) mass is 368 g/mol. The van der Waals surface area contributed by atoms with Crippen LogP contribution >= 0.6 is 23.1 Å². The summed E-state index contributed by atoms with van der Waals surface area (Å²) in [5.74, 6) is 0.870. The van der Waals surface area contributed by atoms with Crippen LogP contribution in [0.15, 0.2) is 66.0 Å². The van der Waals surface area contributed by atoms with Crippen molar-refractivity contribution in [1.29, 1.82) is 0 Å². The Kier molecular flexibility index (Phi) is 5.89. The van der Waals surface area contributed by atoms with Gasteiger partial charge in [0.1, 0.15) is 0 Å². The van der Waals surface area contributed by atoms with E-state index in [-0.39, 0.29) is 11.2 Å². The Labute approximate surface area is 156 Å². The van der Waals surface area contributed by atoms with Crippen molar-refractivity contribution in [2.24, 2.45) is 0 Å². The number of aromatic nitrogens is 1. The summed E-state index contributed by atoms with van der Waals surface area (Å²) in [4.78, 5) is 19.4. The zero-order chi connectivity index (χ0) is 17.6. The number of benzene rings is 2. The third kappa shape index (κ3) is 4.50. The van der Waals surface area contributed by atoms with E-state index in [1.807, 2.05) is 67.8 Å². The lowest BCUT2D eigenvalue weighted by molar-refractivity contribution is -0.117. The van der Waals surface area contributed by atoms with Crippen LogP contribution in [0.25, 0.3) is 0 Å². The number of aryl methyl sites for hydroxylation is 1. The number of hydrogen-bond acceptors (Lipinski definition) is 4. The number of thiazole rings is 1. The van der Waals surface area contributed by atoms with Crippen molar-refractivity contribution in [3.63, 3.8) is 0 Å². The van der Waals surface area contributed by atoms with E-state index >= 15 is 0 Å². The Morgan fingerprint density at radius 1 is 1.12 bits per heavy atom. The number of nitrogens with zero attached hydrogens (tertiary/aromatic N) is 2. The maximum absolute atomic E-state index is 13.1. The van der Waals surface area contributed by atoms with Crippen molar-refractivity contribution < 1.29 is 4.79 Å². The van der Waals surface area contributed by atoms with Crippen molar-refractivity contribution in [2.45, 2.75) is 24.9 Å². The number of carbonyl (C=O) groups excluding carboxylic acids is 1. The number of rotatable bonds is 6. The normalized spacial score (nSPS) is 11.9. The fourth-order valence-corrected chi connectivity index (χ4v) is 4.11. The molecule has 0 saturated heterocycles. The molecule has 5 heteroatoms. The van der Waals surface area contributed by atoms with E-state index in [9.17, 15) is 4.79 Å². The van der Waals surface area contributed by atoms with Gasteiger partial charge in [0.2, 0.25) is 5.91 Å². The zero-order valence-electron chi connectivity index (χ0n) is 14.3. The molecule has 1 atom stereocenters. The summed E-state index contributed by atoms with van der Waals surface area (Å²) in [7, 11) is 0. The lowest BCUT2D eigenvalue weighted by Crippen LogP contribution is -2.32. The number of carbonyl (C=O) groups is 1. The predicted octanol–water partition coefficient (Wildman–Crippen LogP) is 5.44. The summed E-state index contributed by atoms with van der Waals surface area (Å²) in [5.41, 5.74) is 3.01. The standard InChI is InChI=1S/C20H20N2OS2/c1-15-13-25-20(21-15)22(18-11-7-4-8-12-18)19(23)16(2)24-14-17-9-5-3-6-10-17/h3-13,16H,14H2,1-2H3/t16-/m0/s1. The molecular weight excluding hydrogens is 348 g/mol. The van der Waals surface area contributed by atoms with Crippen molar-refractivity contribution in [2.75, 3.05) is 4.90 Å². The van der Waals surface area contributed by atoms with Gasteiger partial charge in [-0.1, -0.05) is 48.5 Å². The molecule has 1 aromatic heterocycles. The number of para-hydroxylation sites is 1. The van der Waals surface area contributed by atoms with Crippen LogP contribution in [0.3, 0.4) is 0 Å². The van der Waals surface area contributed by atoms with Crippen LogP contribution in [-0.4, -0.2) is 16.1 Å². The number of hydrogen-bond donors (Lipinski definition) is 0. The average molecular weight is 369 g/mol. The van der Waals surface area contributed by atoms with E-state index < -0.39 is 0 Å². The van der Waals surface area contributed by atoms with E-state index in [0.29, 0.717) is 0 Å². The second kappa shape index (κ2) is 8.32. The molecule has 0 saturated carbocycles. The highest BCUT2D eigenvalue weighted by Crippen LogP contribution is 2.31. The predicted molar refractivity (Wildman–Crippen MR) is 108 cm³/mol. The molecule has 0 fully saturated rings. The highest BCUT2D eigenvalue weighted by Gasteiger charge is 2.26. The summed E-state index contributed by atoms with van der Waals surface area (Å²) in [6.45, 7) is 3.91. The number of amides is 1. The van der Waals surface area contributed by atoms with Crippen molar-refractivity contribution in [3.05, 3.63) is 77.3 Å². The second-order valence-corrected chi connectivity index (χ2v) is 7.89. The van der Waals surface area contributed by atoms with Crippen LogP contribution in [0, 0.1) is 6.92 Å². The molecule has 0 aliphatic rings. The molecule has 2 aromatic carbocycles. The molecule has 0 radical (unpaired) electrons. The van der Waals surface area contributed by atoms with Gasteiger partial charge in [0, 0.05) is 11.1 Å². The van der Waals surface area contributed by atoms with Crippen LogP contribution in [-0.2, 0) is 10.5 Å². The fraction of sp³-hybridized carbons (Fsp3) is 0.200. The van der Waals surface area contributed by atoms with Gasteiger partial charge in [0.05, 0.1) is 16.6 Å². The molecular formula is C20H20N2OS2. The average Bonchev–Trinajstić information content (AvgIpc) is 3.07. The molecule has 1 amide bonds. The molecule has 3 aromatic rings. The molecule has 0 spiro atoms. The minimum atomic E-state index is -0.162. The Hall–Kier alpha value is -2.11. The maximum Gasteiger partial charge on any atom is 0.246 e. The topological polar surface area (TPSA) is 33.2 Å². The molecule has 25 heavy (non-hydrogen) atoms. The van der Waals surface area contributed by atoms with Gasteiger partial charge in [-0.3, -0.25) is 9.69 Å². The maximum atomic E-state index is 13.1. The van der Waals surface area contributed by atoms with E-state index in [1.165, 1.54) is 16.9 Å². The van der Waals surface area contributed by atoms with Gasteiger partial charge in [-0.25, -0.2) is 4.98 Å². The zero-order valence-corrected chi connectivity index (χ0v) is 15.9. The molecule has 0 bridgehead atoms. The number of anilines is 2. The first-order chi connectivity index (χ1) is 12.1. The first-order valence-electron chi connectivity index (χ1n) is 8.12. The second-order valence-electron chi connectivity index (χ2n) is 5.72. The Morgan fingerprint density at radius 2 is 1.76 bits per heavy atom. The SMILES string of the molecule is Cc1csc(N(C(=O)[C@H](C)SCc2ccccc2)c2ccccc2)n1. The van der Waals surface area contributed by atoms with Gasteiger partial charge in [-0.2, -0.15) is 0 Å². The summed E-state index contributed by atoms with van der Waals surface area (Å²) >= 11 is 3.15. The Balaban J connectivity index is 1.79. The lowest BCUT2D eigenvalue weighted by Gasteiger charge is -2.23. The van der Waals surface area contributed by atoms with Crippen LogP contribution in [0.1, 0.15) is 18.2 Å². The van der Waals surface area contributed by atoms with Crippen molar-refractivity contribution in [3.8, 4) is 0 Å². The van der Waals surface area contributed by atoms with Crippen molar-refractivity contribution in [1.82, 2.24) is 4.98 Å². The van der Waals surface area contributed by atoms with Crippen molar-refractivity contribution >= 4 is 39.8 Å². The Morgan fingerprint density at radius 3 is 2.36 bits per heavy atom. The van der Waals surface area contributed by atoms with Gasteiger partial charge in [-0.15, -0.1) is 23.1 Å². The van der Waals surface area contributed by atoms with Gasteiger partial charge in [0.15, 0.2) is 5.13 Å². The van der Waals surface area contributed by atoms with Gasteiger partial charge >= 0.3 is 0 Å². The fourth-order valence-electron chi connectivity index (χ4n) is 2.40. The number of thioether (sulfide) groups is 1. The van der Waals surface area contributed by atoms with E-state index in [2.05, 4.69) is 17.1 Å². The molecule has 3 nitrogen and oxygen atoms in total. The van der Waals surface area contributed by atoms with Crippen LogP contribution < -0.4 is 4.90 Å².